The molecule has 0 heterocycles. The summed E-state index contributed by atoms with van der Waals surface area (Å²) in [7, 11) is 0. The zero-order valence-electron chi connectivity index (χ0n) is 35.5. The summed E-state index contributed by atoms with van der Waals surface area (Å²) >= 11 is 0. The lowest BCUT2D eigenvalue weighted by atomic mass is 9.47. The van der Waals surface area contributed by atoms with E-state index in [0.29, 0.717) is 30.3 Å². The molecule has 0 aromatic carbocycles. The molecular weight excluding hydrogens is 655 g/mol. The smallest absolute Gasteiger partial charge is 0.306 e. The van der Waals surface area contributed by atoms with Crippen LogP contribution in [0.25, 0.3) is 0 Å². The maximum Gasteiger partial charge on any atom is 0.306 e. The van der Waals surface area contributed by atoms with Gasteiger partial charge in [0.1, 0.15) is 12.7 Å². The average Bonchev–Trinajstić information content (AvgIpc) is 3.49. The summed E-state index contributed by atoms with van der Waals surface area (Å²) in [6.07, 6.45) is 34.6. The van der Waals surface area contributed by atoms with Crippen molar-refractivity contribution in [2.24, 2.45) is 46.3 Å². The fourth-order valence-electron chi connectivity index (χ4n) is 11.6. The molecule has 0 amide bonds. The Labute approximate surface area is 327 Å². The monoisotopic (exact) mass is 738 g/mol. The number of rotatable bonds is 25. The van der Waals surface area contributed by atoms with Crippen LogP contribution in [0, 0.1) is 46.3 Å². The second-order valence-corrected chi connectivity index (χ2v) is 19.0. The molecule has 1 N–H and O–H groups in total. The minimum atomic E-state index is -0.0754. The molecule has 0 radical (unpaired) electrons. The van der Waals surface area contributed by atoms with Gasteiger partial charge in [0, 0.05) is 19.3 Å². The molecule has 5 nitrogen and oxygen atoms in total. The summed E-state index contributed by atoms with van der Waals surface area (Å²) in [5, 5.41) is 3.51. The Balaban J connectivity index is 1.03. The number of ether oxygens (including phenoxy) is 2. The van der Waals surface area contributed by atoms with Crippen LogP contribution >= 0.6 is 0 Å². The number of fused-ring (bicyclic) bond motifs is 5. The number of hydrogen-bond donors (Lipinski definition) is 1. The van der Waals surface area contributed by atoms with Gasteiger partial charge in [0.15, 0.2) is 0 Å². The molecular formula is C48H83NO4. The lowest BCUT2D eigenvalue weighted by Crippen LogP contribution is -2.51. The van der Waals surface area contributed by atoms with Crippen LogP contribution in [-0.2, 0) is 19.1 Å². The lowest BCUT2D eigenvalue weighted by molar-refractivity contribution is -0.151. The summed E-state index contributed by atoms with van der Waals surface area (Å²) < 4.78 is 11.4. The number of hydrogen-bond acceptors (Lipinski definition) is 5. The minimum absolute atomic E-state index is 0.0143. The van der Waals surface area contributed by atoms with Crippen LogP contribution in [0.15, 0.2) is 23.8 Å². The Morgan fingerprint density at radius 2 is 1.57 bits per heavy atom. The van der Waals surface area contributed by atoms with Gasteiger partial charge in [-0.3, -0.25) is 9.59 Å². The van der Waals surface area contributed by atoms with E-state index in [2.05, 4.69) is 59.0 Å². The van der Waals surface area contributed by atoms with Crippen LogP contribution in [0.1, 0.15) is 196 Å². The van der Waals surface area contributed by atoms with Crippen molar-refractivity contribution in [2.45, 2.75) is 202 Å². The summed E-state index contributed by atoms with van der Waals surface area (Å²) in [4.78, 5) is 24.8. The Kier molecular flexibility index (Phi) is 19.0. The van der Waals surface area contributed by atoms with E-state index in [1.54, 1.807) is 5.57 Å². The van der Waals surface area contributed by atoms with Crippen LogP contribution in [0.2, 0.25) is 0 Å². The van der Waals surface area contributed by atoms with Crippen LogP contribution in [-0.4, -0.2) is 37.7 Å². The molecule has 4 aliphatic carbocycles. The fourth-order valence-corrected chi connectivity index (χ4v) is 11.6. The predicted octanol–water partition coefficient (Wildman–Crippen LogP) is 12.7. The average molecular weight is 738 g/mol. The molecule has 0 bridgehead atoms. The zero-order chi connectivity index (χ0) is 38.1. The van der Waals surface area contributed by atoms with E-state index in [4.69, 9.17) is 9.47 Å². The van der Waals surface area contributed by atoms with Crippen molar-refractivity contribution >= 4 is 11.9 Å². The van der Waals surface area contributed by atoms with Gasteiger partial charge in [-0.25, -0.2) is 0 Å². The Morgan fingerprint density at radius 3 is 2.38 bits per heavy atom. The largest absolute Gasteiger partial charge is 0.462 e. The second kappa shape index (κ2) is 22.8. The van der Waals surface area contributed by atoms with Crippen molar-refractivity contribution in [1.82, 2.24) is 5.32 Å². The number of esters is 2. The summed E-state index contributed by atoms with van der Waals surface area (Å²) in [5.74, 6) is 5.05. The zero-order valence-corrected chi connectivity index (χ0v) is 35.5. The van der Waals surface area contributed by atoms with Gasteiger partial charge in [-0.2, -0.15) is 0 Å². The van der Waals surface area contributed by atoms with Crippen LogP contribution < -0.4 is 5.32 Å². The van der Waals surface area contributed by atoms with Crippen molar-refractivity contribution < 1.29 is 19.1 Å². The molecule has 5 heteroatoms. The van der Waals surface area contributed by atoms with Crippen LogP contribution in [0.4, 0.5) is 0 Å². The minimum Gasteiger partial charge on any atom is -0.462 e. The highest BCUT2D eigenvalue weighted by atomic mass is 16.5. The highest BCUT2D eigenvalue weighted by Crippen LogP contribution is 2.67. The SMILES string of the molecule is CCCCCC/C=C\COC(=O)CCCCCCCNCCCC(=O)O[C@H]1CC[C@@]2(C)C(=CC[C@H]3[C@@H]4CC[C@H]([C@H](C)CCCC(C)C)[C@@]4(C)CC[C@@H]32)C1. The van der Waals surface area contributed by atoms with E-state index < -0.39 is 0 Å². The number of carbonyl (C=O) groups is 2. The van der Waals surface area contributed by atoms with Gasteiger partial charge >= 0.3 is 11.9 Å². The van der Waals surface area contributed by atoms with Gasteiger partial charge in [0.05, 0.1) is 0 Å². The van der Waals surface area contributed by atoms with Gasteiger partial charge < -0.3 is 14.8 Å². The first-order valence-electron chi connectivity index (χ1n) is 23.0. The first-order chi connectivity index (χ1) is 25.6. The van der Waals surface area contributed by atoms with Crippen LogP contribution in [0.3, 0.4) is 0 Å². The Bertz CT molecular complexity index is 1140. The van der Waals surface area contributed by atoms with E-state index >= 15 is 0 Å². The third kappa shape index (κ3) is 13.2. The molecule has 0 aliphatic heterocycles. The molecule has 8 atom stereocenters. The molecule has 304 valence electrons. The van der Waals surface area contributed by atoms with E-state index in [1.165, 1.54) is 89.9 Å². The van der Waals surface area contributed by atoms with Gasteiger partial charge in [-0.05, 0) is 136 Å². The third-order valence-corrected chi connectivity index (χ3v) is 14.8. The maximum absolute atomic E-state index is 12.8. The first-order valence-corrected chi connectivity index (χ1v) is 23.0. The van der Waals surface area contributed by atoms with Gasteiger partial charge in [-0.15, -0.1) is 0 Å². The van der Waals surface area contributed by atoms with Crippen molar-refractivity contribution in [3.8, 4) is 0 Å². The molecule has 53 heavy (non-hydrogen) atoms. The predicted molar refractivity (Wildman–Crippen MR) is 222 cm³/mol. The van der Waals surface area contributed by atoms with Crippen molar-refractivity contribution in [2.75, 3.05) is 19.7 Å². The Morgan fingerprint density at radius 1 is 0.811 bits per heavy atom. The molecule has 0 saturated heterocycles. The van der Waals surface area contributed by atoms with Gasteiger partial charge in [0.2, 0.25) is 0 Å². The molecule has 0 spiro atoms. The van der Waals surface area contributed by atoms with E-state index in [1.807, 2.05) is 6.08 Å². The quantitative estimate of drug-likeness (QED) is 0.0574. The second-order valence-electron chi connectivity index (χ2n) is 19.0. The normalized spacial score (nSPS) is 30.1. The third-order valence-electron chi connectivity index (χ3n) is 14.8. The fraction of sp³-hybridized carbons (Fsp3) is 0.875. The van der Waals surface area contributed by atoms with Crippen molar-refractivity contribution in [3.05, 3.63) is 23.8 Å². The van der Waals surface area contributed by atoms with Crippen molar-refractivity contribution in [1.29, 1.82) is 0 Å². The topological polar surface area (TPSA) is 64.6 Å². The van der Waals surface area contributed by atoms with E-state index in [9.17, 15) is 9.59 Å². The molecule has 0 unspecified atom stereocenters. The number of allylic oxidation sites excluding steroid dienone is 2. The van der Waals surface area contributed by atoms with E-state index in [-0.39, 0.29) is 18.0 Å². The van der Waals surface area contributed by atoms with Crippen molar-refractivity contribution in [3.63, 3.8) is 0 Å². The summed E-state index contributed by atoms with van der Waals surface area (Å²) in [5.41, 5.74) is 2.44. The van der Waals surface area contributed by atoms with Gasteiger partial charge in [-0.1, -0.05) is 123 Å². The van der Waals surface area contributed by atoms with Gasteiger partial charge in [0.25, 0.3) is 0 Å². The first kappa shape index (κ1) is 44.1. The highest BCUT2D eigenvalue weighted by molar-refractivity contribution is 5.69. The van der Waals surface area contributed by atoms with E-state index in [0.717, 1.165) is 100.0 Å². The number of carbonyl (C=O) groups excluding carboxylic acids is 2. The standard InChI is InChI=1S/C48H83NO4/c1-7-8-9-10-11-15-18-35-52-45(50)23-16-13-12-14-17-33-49-34-20-24-46(51)53-40-29-31-47(5)39(36-40)25-26-41-43-28-27-42(38(4)22-19-21-37(2)3)48(43,6)32-30-44(41)47/h15,18,25,37-38,40-44,49H,7-14,16-17,19-24,26-36H2,1-6H3/b18-15-/t38-,40+,41+,42-,43+,44+,47+,48-/m1/s1. The maximum atomic E-state index is 12.8. The molecule has 0 aromatic rings. The number of nitrogens with one attached hydrogen (secondary N) is 1. The number of unbranched alkanes of at least 4 members (excludes halogenated alkanes) is 8. The molecule has 3 saturated carbocycles. The molecule has 4 aliphatic rings. The van der Waals surface area contributed by atoms with Crippen LogP contribution in [0.5, 0.6) is 0 Å². The molecule has 3 fully saturated rings. The molecule has 0 aromatic heterocycles. The molecule has 4 rings (SSSR count). The Hall–Kier alpha value is -1.62. The summed E-state index contributed by atoms with van der Waals surface area (Å²) in [6.45, 7) is 17.1. The lowest BCUT2D eigenvalue weighted by Gasteiger charge is -2.58. The highest BCUT2D eigenvalue weighted by Gasteiger charge is 2.59. The summed E-state index contributed by atoms with van der Waals surface area (Å²) in [6, 6.07) is 0.